The van der Waals surface area contributed by atoms with Gasteiger partial charge in [0, 0.05) is 22.8 Å². The van der Waals surface area contributed by atoms with E-state index in [1.807, 2.05) is 17.7 Å². The summed E-state index contributed by atoms with van der Waals surface area (Å²) in [4.78, 5) is 17.7. The smallest absolute Gasteiger partial charge is 0.181 e. The van der Waals surface area contributed by atoms with Crippen molar-refractivity contribution in [3.63, 3.8) is 0 Å². The normalized spacial score (nSPS) is 20.2. The first-order chi connectivity index (χ1) is 12.2. The highest BCUT2D eigenvalue weighted by Gasteiger charge is 2.22. The molecule has 3 nitrogen and oxygen atoms in total. The summed E-state index contributed by atoms with van der Waals surface area (Å²) in [7, 11) is 0. The lowest BCUT2D eigenvalue weighted by Gasteiger charge is -2.11. The molecule has 0 amide bonds. The van der Waals surface area contributed by atoms with E-state index in [0.29, 0.717) is 12.8 Å². The van der Waals surface area contributed by atoms with Crippen LogP contribution in [-0.2, 0) is 17.6 Å². The minimum atomic E-state index is -0.492. The van der Waals surface area contributed by atoms with Gasteiger partial charge in [-0.2, -0.15) is 0 Å². The third kappa shape index (κ3) is 6.05. The molecule has 0 bridgehead atoms. The molecule has 1 heterocycles. The van der Waals surface area contributed by atoms with Gasteiger partial charge in [-0.05, 0) is 31.8 Å². The van der Waals surface area contributed by atoms with Gasteiger partial charge in [0.25, 0.3) is 0 Å². The predicted molar refractivity (Wildman–Crippen MR) is 105 cm³/mol. The van der Waals surface area contributed by atoms with E-state index in [9.17, 15) is 9.90 Å². The van der Waals surface area contributed by atoms with E-state index in [2.05, 4.69) is 31.0 Å². The number of aliphatic hydroxyl groups is 1. The number of aryl methyl sites for hydroxylation is 1. The topological polar surface area (TPSA) is 50.2 Å². The maximum Gasteiger partial charge on any atom is 0.181 e. The van der Waals surface area contributed by atoms with Gasteiger partial charge in [-0.25, -0.2) is 4.98 Å². The van der Waals surface area contributed by atoms with Crippen molar-refractivity contribution < 1.29 is 9.90 Å². The van der Waals surface area contributed by atoms with Crippen LogP contribution in [0.5, 0.6) is 0 Å². The molecule has 25 heavy (non-hydrogen) atoms. The Morgan fingerprint density at radius 2 is 2.20 bits per heavy atom. The van der Waals surface area contributed by atoms with Crippen molar-refractivity contribution in [3.8, 4) is 0 Å². The fourth-order valence-electron chi connectivity index (χ4n) is 3.04. The Bertz CT molecular complexity index is 642. The number of allylic oxidation sites excluding steroid dienone is 5. The Hall–Kier alpha value is -1.52. The first-order valence-electron chi connectivity index (χ1n) is 9.32. The molecule has 0 aliphatic heterocycles. The van der Waals surface area contributed by atoms with Crippen LogP contribution >= 0.6 is 11.3 Å². The van der Waals surface area contributed by atoms with E-state index in [1.54, 1.807) is 17.4 Å². The number of rotatable bonds is 10. The molecule has 1 N–H and O–H groups in total. The van der Waals surface area contributed by atoms with Gasteiger partial charge in [0.2, 0.25) is 0 Å². The molecule has 0 spiro atoms. The van der Waals surface area contributed by atoms with Gasteiger partial charge >= 0.3 is 0 Å². The van der Waals surface area contributed by atoms with Crippen LogP contribution in [0.2, 0.25) is 0 Å². The number of nitrogens with zero attached hydrogens (tertiary/aromatic N) is 1. The lowest BCUT2D eigenvalue weighted by Crippen LogP contribution is -2.12. The van der Waals surface area contributed by atoms with Gasteiger partial charge in [-0.15, -0.1) is 11.3 Å². The predicted octanol–water partition coefficient (Wildman–Crippen LogP) is 4.82. The Labute approximate surface area is 155 Å². The van der Waals surface area contributed by atoms with Crippen LogP contribution in [0.25, 0.3) is 0 Å². The van der Waals surface area contributed by atoms with Crippen molar-refractivity contribution in [1.29, 1.82) is 0 Å². The van der Waals surface area contributed by atoms with E-state index in [0.717, 1.165) is 30.5 Å². The molecular formula is C21H29NO2S. The van der Waals surface area contributed by atoms with Crippen LogP contribution in [0.4, 0.5) is 0 Å². The summed E-state index contributed by atoms with van der Waals surface area (Å²) in [6, 6.07) is 0. The Balaban J connectivity index is 1.88. The van der Waals surface area contributed by atoms with E-state index in [-0.39, 0.29) is 11.7 Å². The number of hydrogen-bond donors (Lipinski definition) is 1. The van der Waals surface area contributed by atoms with Crippen LogP contribution in [0.15, 0.2) is 41.5 Å². The number of aromatic nitrogens is 1. The van der Waals surface area contributed by atoms with E-state index in [1.165, 1.54) is 17.7 Å². The van der Waals surface area contributed by atoms with Crippen LogP contribution in [0.3, 0.4) is 0 Å². The Morgan fingerprint density at radius 3 is 2.96 bits per heavy atom. The fraction of sp³-hybridized carbons (Fsp3) is 0.524. The largest absolute Gasteiger partial charge is 0.392 e. The molecule has 1 aromatic heterocycles. The molecule has 4 heteroatoms. The van der Waals surface area contributed by atoms with Gasteiger partial charge < -0.3 is 5.11 Å². The quantitative estimate of drug-likeness (QED) is 0.370. The first kappa shape index (κ1) is 19.8. The maximum atomic E-state index is 12.1. The monoisotopic (exact) mass is 359 g/mol. The third-order valence-corrected chi connectivity index (χ3v) is 5.55. The zero-order valence-electron chi connectivity index (χ0n) is 15.3. The third-order valence-electron chi connectivity index (χ3n) is 4.53. The van der Waals surface area contributed by atoms with Gasteiger partial charge in [-0.3, -0.25) is 4.79 Å². The van der Waals surface area contributed by atoms with E-state index in [4.69, 9.17) is 0 Å². The number of ketones is 1. The van der Waals surface area contributed by atoms with Gasteiger partial charge in [0.1, 0.15) is 0 Å². The van der Waals surface area contributed by atoms with E-state index < -0.39 is 6.10 Å². The molecule has 1 aliphatic carbocycles. The molecule has 0 saturated carbocycles. The lowest BCUT2D eigenvalue weighted by atomic mass is 9.95. The average Bonchev–Trinajstić information content (AvgIpc) is 3.19. The molecule has 1 aromatic rings. The Kier molecular flexibility index (Phi) is 8.29. The highest BCUT2D eigenvalue weighted by Crippen LogP contribution is 2.26. The standard InChI is InChI=1S/C21H29NO2S/c1-3-5-6-7-8-9-16-10-13-20(24)18(16)12-11-17(23)14-19-21(4-2)25-15-22-19/h7-8,10,12-13,15-17,23H,3-6,9,11,14H2,1-2H3/b8-7-,18-12+. The molecule has 0 radical (unpaired) electrons. The first-order valence-corrected chi connectivity index (χ1v) is 10.2. The molecule has 1 aliphatic rings. The van der Waals surface area contributed by atoms with Gasteiger partial charge in [-0.1, -0.05) is 51.0 Å². The van der Waals surface area contributed by atoms with Crippen molar-refractivity contribution in [2.75, 3.05) is 0 Å². The second kappa shape index (κ2) is 10.5. The summed E-state index contributed by atoms with van der Waals surface area (Å²) in [5, 5.41) is 10.3. The summed E-state index contributed by atoms with van der Waals surface area (Å²) in [5.74, 6) is 0.241. The molecule has 2 atom stereocenters. The number of aliphatic hydroxyl groups excluding tert-OH is 1. The zero-order valence-corrected chi connectivity index (χ0v) is 16.1. The lowest BCUT2D eigenvalue weighted by molar-refractivity contribution is -0.111. The second-order valence-electron chi connectivity index (χ2n) is 6.51. The van der Waals surface area contributed by atoms with Crippen molar-refractivity contribution in [3.05, 3.63) is 52.0 Å². The molecule has 2 rings (SSSR count). The highest BCUT2D eigenvalue weighted by atomic mass is 32.1. The molecule has 136 valence electrons. The van der Waals surface area contributed by atoms with Gasteiger partial charge in [0.15, 0.2) is 5.78 Å². The minimum Gasteiger partial charge on any atom is -0.392 e. The summed E-state index contributed by atoms with van der Waals surface area (Å²) in [6.45, 7) is 4.29. The zero-order chi connectivity index (χ0) is 18.1. The number of carbonyl (C=O) groups is 1. The molecule has 2 unspecified atom stereocenters. The minimum absolute atomic E-state index is 0.0852. The fourth-order valence-corrected chi connectivity index (χ4v) is 3.79. The van der Waals surface area contributed by atoms with Crippen molar-refractivity contribution in [1.82, 2.24) is 4.98 Å². The maximum absolute atomic E-state index is 12.1. The number of unbranched alkanes of at least 4 members (excludes halogenated alkanes) is 2. The molecule has 0 saturated heterocycles. The summed E-state index contributed by atoms with van der Waals surface area (Å²) < 4.78 is 0. The van der Waals surface area contributed by atoms with Gasteiger partial charge in [0.05, 0.1) is 17.3 Å². The number of carbonyl (C=O) groups excluding carboxylic acids is 1. The SMILES string of the molecule is CCCC/C=C\CC1C=CC(=O)/C1=C/CC(O)Cc1ncsc1CC. The van der Waals surface area contributed by atoms with E-state index >= 15 is 0 Å². The van der Waals surface area contributed by atoms with Crippen LogP contribution < -0.4 is 0 Å². The van der Waals surface area contributed by atoms with Crippen LogP contribution in [0.1, 0.15) is 56.5 Å². The molecule has 0 aromatic carbocycles. The van der Waals surface area contributed by atoms with Crippen molar-refractivity contribution in [2.45, 2.75) is 64.9 Å². The summed E-state index contributed by atoms with van der Waals surface area (Å²) in [6.07, 6.45) is 15.9. The number of hydrogen-bond acceptors (Lipinski definition) is 4. The summed E-state index contributed by atoms with van der Waals surface area (Å²) >= 11 is 1.64. The van der Waals surface area contributed by atoms with Crippen LogP contribution in [-0.4, -0.2) is 22.0 Å². The highest BCUT2D eigenvalue weighted by molar-refractivity contribution is 7.09. The van der Waals surface area contributed by atoms with Crippen molar-refractivity contribution in [2.24, 2.45) is 5.92 Å². The summed E-state index contributed by atoms with van der Waals surface area (Å²) in [5.41, 5.74) is 3.66. The van der Waals surface area contributed by atoms with Crippen molar-refractivity contribution >= 4 is 17.1 Å². The van der Waals surface area contributed by atoms with Crippen LogP contribution in [0, 0.1) is 5.92 Å². The molecule has 0 fully saturated rings. The number of thiazole rings is 1. The Morgan fingerprint density at radius 1 is 1.36 bits per heavy atom. The second-order valence-corrected chi connectivity index (χ2v) is 7.45. The molecular weight excluding hydrogens is 330 g/mol. The average molecular weight is 360 g/mol.